The Morgan fingerprint density at radius 3 is 2.05 bits per heavy atom. The first-order valence-electron chi connectivity index (χ1n) is 11.1. The summed E-state index contributed by atoms with van der Waals surface area (Å²) in [4.78, 5) is 13.4. The van der Waals surface area contributed by atoms with E-state index in [0.29, 0.717) is 11.5 Å². The Labute approximate surface area is 215 Å². The summed E-state index contributed by atoms with van der Waals surface area (Å²) in [6.07, 6.45) is 0.982. The maximum atomic E-state index is 14.4. The first kappa shape index (κ1) is 27.6. The number of carbonyl (C=O) groups excluding carboxylic acids is 1. The molecule has 0 aliphatic carbocycles. The van der Waals surface area contributed by atoms with Crippen LogP contribution in [0.1, 0.15) is 21.5 Å². The normalized spacial score (nSPS) is 11.0. The number of methoxy groups -OCH3 is 4. The van der Waals surface area contributed by atoms with Crippen molar-refractivity contribution in [2.75, 3.05) is 39.0 Å². The van der Waals surface area contributed by atoms with Gasteiger partial charge >= 0.3 is 0 Å². The van der Waals surface area contributed by atoms with E-state index in [1.807, 2.05) is 0 Å². The monoisotopic (exact) mass is 532 g/mol. The van der Waals surface area contributed by atoms with Gasteiger partial charge in [-0.05, 0) is 29.8 Å². The van der Waals surface area contributed by atoms with Gasteiger partial charge in [-0.3, -0.25) is 9.10 Å². The number of rotatable bonds is 11. The van der Waals surface area contributed by atoms with E-state index in [-0.39, 0.29) is 41.4 Å². The molecule has 0 spiro atoms. The highest BCUT2D eigenvalue weighted by Crippen LogP contribution is 2.37. The Kier molecular flexibility index (Phi) is 8.82. The van der Waals surface area contributed by atoms with Crippen LogP contribution in [0.2, 0.25) is 0 Å². The molecule has 0 unspecified atom stereocenters. The maximum absolute atomic E-state index is 14.4. The van der Waals surface area contributed by atoms with Crippen LogP contribution < -0.4 is 28.6 Å². The van der Waals surface area contributed by atoms with Crippen LogP contribution in [0, 0.1) is 5.82 Å². The van der Waals surface area contributed by atoms with Crippen LogP contribution in [0.5, 0.6) is 23.0 Å². The number of ether oxygens (including phenoxy) is 4. The third-order valence-corrected chi connectivity index (χ3v) is 6.71. The highest BCUT2D eigenvalue weighted by molar-refractivity contribution is 7.92. The molecule has 3 aromatic rings. The van der Waals surface area contributed by atoms with Gasteiger partial charge in [0.15, 0.2) is 23.0 Å². The molecule has 0 bridgehead atoms. The average Bonchev–Trinajstić information content (AvgIpc) is 2.89. The summed E-state index contributed by atoms with van der Waals surface area (Å²) < 4.78 is 62.3. The molecule has 0 saturated heterocycles. The molecule has 9 nitrogen and oxygen atoms in total. The second-order valence-corrected chi connectivity index (χ2v) is 9.86. The van der Waals surface area contributed by atoms with Gasteiger partial charge in [0, 0.05) is 18.2 Å². The van der Waals surface area contributed by atoms with Crippen molar-refractivity contribution in [1.29, 1.82) is 0 Å². The predicted molar refractivity (Wildman–Crippen MR) is 138 cm³/mol. The lowest BCUT2D eigenvalue weighted by Gasteiger charge is -2.26. The van der Waals surface area contributed by atoms with Gasteiger partial charge in [-0.2, -0.15) is 0 Å². The van der Waals surface area contributed by atoms with Gasteiger partial charge in [0.1, 0.15) is 5.82 Å². The van der Waals surface area contributed by atoms with Crippen molar-refractivity contribution in [3.05, 3.63) is 77.1 Å². The second kappa shape index (κ2) is 11.8. The number of nitrogens with zero attached hydrogens (tertiary/aromatic N) is 1. The summed E-state index contributed by atoms with van der Waals surface area (Å²) in [5.74, 6) is 0.313. The highest BCUT2D eigenvalue weighted by Gasteiger charge is 2.27. The lowest BCUT2D eigenvalue weighted by molar-refractivity contribution is 0.0951. The Morgan fingerprint density at radius 2 is 1.46 bits per heavy atom. The molecular formula is C26H29FN2O7S. The molecule has 0 radical (unpaired) electrons. The zero-order chi connectivity index (χ0) is 27.2. The minimum absolute atomic E-state index is 0.000101. The summed E-state index contributed by atoms with van der Waals surface area (Å²) in [5.41, 5.74) is 0.867. The SMILES string of the molecule is COc1ccc(CNC(=O)c2cc(OC)c(OC)cc2N(Cc2ccccc2F)S(C)(=O)=O)cc1OC. The molecule has 0 fully saturated rings. The lowest BCUT2D eigenvalue weighted by atomic mass is 10.1. The number of carbonyl (C=O) groups is 1. The first-order chi connectivity index (χ1) is 17.6. The largest absolute Gasteiger partial charge is 0.493 e. The third-order valence-electron chi connectivity index (χ3n) is 5.59. The van der Waals surface area contributed by atoms with Gasteiger partial charge in [-0.15, -0.1) is 0 Å². The molecule has 1 amide bonds. The van der Waals surface area contributed by atoms with Crippen molar-refractivity contribution in [3.8, 4) is 23.0 Å². The van der Waals surface area contributed by atoms with Crippen LogP contribution in [0.3, 0.4) is 0 Å². The van der Waals surface area contributed by atoms with Gasteiger partial charge in [-0.25, -0.2) is 12.8 Å². The Balaban J connectivity index is 2.04. The molecule has 0 saturated carbocycles. The second-order valence-electron chi connectivity index (χ2n) is 7.96. The quantitative estimate of drug-likeness (QED) is 0.401. The van der Waals surface area contributed by atoms with Gasteiger partial charge < -0.3 is 24.3 Å². The minimum atomic E-state index is -3.96. The van der Waals surface area contributed by atoms with E-state index in [1.165, 1.54) is 58.8 Å². The number of hydrogen-bond donors (Lipinski definition) is 1. The summed E-state index contributed by atoms with van der Waals surface area (Å²) in [7, 11) is 1.86. The molecule has 3 rings (SSSR count). The standard InChI is InChI=1S/C26H29FN2O7S/c1-33-22-11-10-17(12-23(22)34-2)15-28-26(30)19-13-24(35-3)25(36-4)14-21(19)29(37(5,31)32)16-18-8-6-7-9-20(18)27/h6-14H,15-16H2,1-5H3,(H,28,30). The third kappa shape index (κ3) is 6.42. The number of nitrogens with one attached hydrogen (secondary N) is 1. The van der Waals surface area contributed by atoms with Crippen molar-refractivity contribution in [1.82, 2.24) is 5.32 Å². The molecule has 198 valence electrons. The molecule has 11 heteroatoms. The van der Waals surface area contributed by atoms with Crippen LogP contribution in [-0.4, -0.2) is 49.0 Å². The van der Waals surface area contributed by atoms with E-state index < -0.39 is 21.7 Å². The number of benzene rings is 3. The first-order valence-corrected chi connectivity index (χ1v) is 12.9. The number of amides is 1. The Bertz CT molecular complexity index is 1380. The molecule has 0 aliphatic rings. The fourth-order valence-electron chi connectivity index (χ4n) is 3.69. The molecule has 0 heterocycles. The Hall–Kier alpha value is -3.99. The van der Waals surface area contributed by atoms with E-state index in [2.05, 4.69) is 5.32 Å². The topological polar surface area (TPSA) is 103 Å². The number of anilines is 1. The van der Waals surface area contributed by atoms with Gasteiger partial charge in [0.2, 0.25) is 10.0 Å². The van der Waals surface area contributed by atoms with Crippen molar-refractivity contribution >= 4 is 21.6 Å². The van der Waals surface area contributed by atoms with Gasteiger partial charge in [-0.1, -0.05) is 24.3 Å². The maximum Gasteiger partial charge on any atom is 0.253 e. The van der Waals surface area contributed by atoms with Gasteiger partial charge in [0.25, 0.3) is 5.91 Å². The fraction of sp³-hybridized carbons (Fsp3) is 0.269. The molecule has 1 N–H and O–H groups in total. The summed E-state index contributed by atoms with van der Waals surface area (Å²) >= 11 is 0. The predicted octanol–water partition coefficient (Wildman–Crippen LogP) is 3.76. The molecule has 37 heavy (non-hydrogen) atoms. The number of halogens is 1. The number of hydrogen-bond acceptors (Lipinski definition) is 7. The van der Waals surface area contributed by atoms with Gasteiger partial charge in [0.05, 0.1) is 52.5 Å². The zero-order valence-corrected chi connectivity index (χ0v) is 22.0. The average molecular weight is 533 g/mol. The molecule has 0 atom stereocenters. The van der Waals surface area contributed by atoms with E-state index in [9.17, 15) is 17.6 Å². The van der Waals surface area contributed by atoms with Crippen molar-refractivity contribution in [2.45, 2.75) is 13.1 Å². The van der Waals surface area contributed by atoms with Crippen LogP contribution in [0.15, 0.2) is 54.6 Å². The molecular weight excluding hydrogens is 503 g/mol. The molecule has 3 aromatic carbocycles. The van der Waals surface area contributed by atoms with Crippen LogP contribution in [0.25, 0.3) is 0 Å². The van der Waals surface area contributed by atoms with Crippen molar-refractivity contribution in [3.63, 3.8) is 0 Å². The van der Waals surface area contributed by atoms with E-state index in [4.69, 9.17) is 18.9 Å². The van der Waals surface area contributed by atoms with E-state index in [1.54, 1.807) is 24.3 Å². The summed E-state index contributed by atoms with van der Waals surface area (Å²) in [6.45, 7) is -0.226. The lowest BCUT2D eigenvalue weighted by Crippen LogP contribution is -2.33. The van der Waals surface area contributed by atoms with Crippen molar-refractivity contribution < 1.29 is 36.6 Å². The van der Waals surface area contributed by atoms with Crippen molar-refractivity contribution in [2.24, 2.45) is 0 Å². The molecule has 0 aromatic heterocycles. The van der Waals surface area contributed by atoms with E-state index in [0.717, 1.165) is 16.1 Å². The minimum Gasteiger partial charge on any atom is -0.493 e. The van der Waals surface area contributed by atoms with Crippen LogP contribution in [-0.2, 0) is 23.1 Å². The summed E-state index contributed by atoms with van der Waals surface area (Å²) in [6, 6.07) is 13.8. The van der Waals surface area contributed by atoms with Crippen LogP contribution in [0.4, 0.5) is 10.1 Å². The smallest absolute Gasteiger partial charge is 0.253 e. The van der Waals surface area contributed by atoms with Crippen LogP contribution >= 0.6 is 0 Å². The summed E-state index contributed by atoms with van der Waals surface area (Å²) in [5, 5.41) is 2.79. The Morgan fingerprint density at radius 1 is 0.865 bits per heavy atom. The molecule has 0 aliphatic heterocycles. The zero-order valence-electron chi connectivity index (χ0n) is 21.2. The number of sulfonamides is 1. The highest BCUT2D eigenvalue weighted by atomic mass is 32.2. The fourth-order valence-corrected chi connectivity index (χ4v) is 4.57. The van der Waals surface area contributed by atoms with E-state index >= 15 is 0 Å².